The van der Waals surface area contributed by atoms with Crippen molar-refractivity contribution in [3.8, 4) is 0 Å². The van der Waals surface area contributed by atoms with Crippen molar-refractivity contribution in [2.45, 2.75) is 17.9 Å². The zero-order chi connectivity index (χ0) is 14.0. The molecule has 0 aromatic carbocycles. The summed E-state index contributed by atoms with van der Waals surface area (Å²) in [6.45, 7) is 1.44. The third kappa shape index (κ3) is 3.53. The molecule has 1 aliphatic carbocycles. The van der Waals surface area contributed by atoms with E-state index in [2.05, 4.69) is 26.2 Å². The molecule has 0 N–H and O–H groups in total. The summed E-state index contributed by atoms with van der Waals surface area (Å²) in [5, 5.41) is 7.41. The highest BCUT2D eigenvalue weighted by atomic mass is 79.9. The summed E-state index contributed by atoms with van der Waals surface area (Å²) in [5.74, 6) is 0.678. The zero-order valence-corrected chi connectivity index (χ0v) is 13.3. The topological polar surface area (TPSA) is 77.3 Å². The molecule has 2 rings (SSSR count). The van der Waals surface area contributed by atoms with E-state index >= 15 is 0 Å². The number of rotatable bonds is 7. The van der Waals surface area contributed by atoms with Crippen LogP contribution in [0.5, 0.6) is 0 Å². The lowest BCUT2D eigenvalue weighted by atomic mass is 10.5. The lowest BCUT2D eigenvalue weighted by Crippen LogP contribution is -2.32. The van der Waals surface area contributed by atoms with Crippen LogP contribution < -0.4 is 0 Å². The van der Waals surface area contributed by atoms with Gasteiger partial charge in [0.25, 0.3) is 10.0 Å². The van der Waals surface area contributed by atoms with Gasteiger partial charge < -0.3 is 4.74 Å². The van der Waals surface area contributed by atoms with Crippen LogP contribution in [-0.4, -0.2) is 54.5 Å². The summed E-state index contributed by atoms with van der Waals surface area (Å²) in [6.07, 6.45) is 2.45. The Hall–Kier alpha value is -0.510. The van der Waals surface area contributed by atoms with Gasteiger partial charge in [-0.05, 0) is 34.7 Å². The van der Waals surface area contributed by atoms with E-state index in [9.17, 15) is 8.42 Å². The van der Waals surface area contributed by atoms with Gasteiger partial charge in [-0.2, -0.15) is 4.31 Å². The average Bonchev–Trinajstić information content (AvgIpc) is 3.10. The molecule has 1 aliphatic rings. The third-order valence-corrected chi connectivity index (χ3v) is 5.74. The molecular weight excluding hydrogens is 336 g/mol. The Morgan fingerprint density at radius 1 is 1.53 bits per heavy atom. The zero-order valence-electron chi connectivity index (χ0n) is 10.9. The van der Waals surface area contributed by atoms with Gasteiger partial charge in [0.1, 0.15) is 0 Å². The molecule has 1 fully saturated rings. The van der Waals surface area contributed by atoms with Gasteiger partial charge in [0, 0.05) is 27.2 Å². The second-order valence-corrected chi connectivity index (χ2v) is 7.37. The number of hydrogen-bond donors (Lipinski definition) is 0. The lowest BCUT2D eigenvalue weighted by molar-refractivity contribution is 0.117. The second kappa shape index (κ2) is 5.86. The van der Waals surface area contributed by atoms with E-state index < -0.39 is 10.0 Å². The van der Waals surface area contributed by atoms with Gasteiger partial charge in [-0.1, -0.05) is 5.21 Å². The number of aryl methyl sites for hydroxylation is 1. The normalized spacial score (nSPS) is 16.2. The maximum Gasteiger partial charge on any atom is 0.262 e. The number of likely N-dealkylation sites (N-methyl/N-ethyl adjacent to an activating group) is 1. The molecule has 1 saturated carbocycles. The summed E-state index contributed by atoms with van der Waals surface area (Å²) in [7, 11) is -0.531. The molecule has 0 atom stereocenters. The summed E-state index contributed by atoms with van der Waals surface area (Å²) < 4.78 is 32.8. The van der Waals surface area contributed by atoms with Crippen LogP contribution in [0.15, 0.2) is 9.63 Å². The first kappa shape index (κ1) is 14.9. The van der Waals surface area contributed by atoms with Crippen molar-refractivity contribution in [2.24, 2.45) is 13.0 Å². The molecule has 9 heteroatoms. The maximum atomic E-state index is 12.3. The van der Waals surface area contributed by atoms with Crippen LogP contribution in [0.3, 0.4) is 0 Å². The number of nitrogens with zero attached hydrogens (tertiary/aromatic N) is 4. The minimum absolute atomic E-state index is 0.0530. The summed E-state index contributed by atoms with van der Waals surface area (Å²) >= 11 is 3.10. The van der Waals surface area contributed by atoms with Crippen molar-refractivity contribution in [1.82, 2.24) is 19.3 Å². The monoisotopic (exact) mass is 352 g/mol. The van der Waals surface area contributed by atoms with Crippen molar-refractivity contribution >= 4 is 26.0 Å². The van der Waals surface area contributed by atoms with Gasteiger partial charge in [-0.25, -0.2) is 13.1 Å². The molecule has 19 heavy (non-hydrogen) atoms. The largest absolute Gasteiger partial charge is 0.380 e. The van der Waals surface area contributed by atoms with Crippen LogP contribution in [-0.2, 0) is 21.8 Å². The Balaban J connectivity index is 1.94. The van der Waals surface area contributed by atoms with Gasteiger partial charge in [0.15, 0.2) is 4.60 Å². The Kier molecular flexibility index (Phi) is 4.59. The van der Waals surface area contributed by atoms with E-state index in [1.807, 2.05) is 0 Å². The van der Waals surface area contributed by atoms with Crippen LogP contribution in [0.4, 0.5) is 0 Å². The number of sulfonamides is 1. The third-order valence-electron chi connectivity index (χ3n) is 2.99. The molecule has 7 nitrogen and oxygen atoms in total. The van der Waals surface area contributed by atoms with Gasteiger partial charge in [0.2, 0.25) is 5.03 Å². The molecular formula is C10H17BrN4O3S. The van der Waals surface area contributed by atoms with E-state index in [1.165, 1.54) is 28.9 Å². The predicted octanol–water partition coefficient (Wildman–Crippen LogP) is 0.625. The van der Waals surface area contributed by atoms with Gasteiger partial charge in [-0.3, -0.25) is 0 Å². The highest BCUT2D eigenvalue weighted by Crippen LogP contribution is 2.28. The number of halogens is 1. The molecule has 0 amide bonds. The van der Waals surface area contributed by atoms with E-state index in [0.717, 1.165) is 6.61 Å². The first-order chi connectivity index (χ1) is 8.93. The molecule has 1 aromatic rings. The highest BCUT2D eigenvalue weighted by Gasteiger charge is 2.28. The number of aromatic nitrogens is 3. The van der Waals surface area contributed by atoms with Gasteiger partial charge in [0.05, 0.1) is 6.61 Å². The molecule has 0 saturated heterocycles. The number of hydrogen-bond acceptors (Lipinski definition) is 5. The SMILES string of the molecule is CN(CCOCC1CC1)S(=O)(=O)c1c(Br)nnn1C. The molecule has 108 valence electrons. The average molecular weight is 353 g/mol. The standard InChI is InChI=1S/C10H17BrN4O3S/c1-14(5-6-18-7-8-3-4-8)19(16,17)10-9(11)12-13-15(10)2/h8H,3-7H2,1-2H3. The highest BCUT2D eigenvalue weighted by molar-refractivity contribution is 9.10. The van der Waals surface area contributed by atoms with Crippen LogP contribution in [0.25, 0.3) is 0 Å². The Morgan fingerprint density at radius 3 is 2.74 bits per heavy atom. The first-order valence-electron chi connectivity index (χ1n) is 6.02. The minimum Gasteiger partial charge on any atom is -0.380 e. The Morgan fingerprint density at radius 2 is 2.21 bits per heavy atom. The van der Waals surface area contributed by atoms with Crippen molar-refractivity contribution in [1.29, 1.82) is 0 Å². The van der Waals surface area contributed by atoms with Gasteiger partial charge in [-0.15, -0.1) is 5.10 Å². The smallest absolute Gasteiger partial charge is 0.262 e. The van der Waals surface area contributed by atoms with E-state index in [1.54, 1.807) is 7.05 Å². The molecule has 0 aliphatic heterocycles. The Labute approximate surface area is 121 Å². The second-order valence-electron chi connectivity index (χ2n) is 4.65. The van der Waals surface area contributed by atoms with E-state index in [-0.39, 0.29) is 9.63 Å². The van der Waals surface area contributed by atoms with Crippen molar-refractivity contribution in [2.75, 3.05) is 26.8 Å². The molecule has 1 heterocycles. The van der Waals surface area contributed by atoms with Gasteiger partial charge >= 0.3 is 0 Å². The Bertz CT molecular complexity index is 521. The summed E-state index contributed by atoms with van der Waals surface area (Å²) in [4.78, 5) is 0. The fourth-order valence-corrected chi connectivity index (χ4v) is 3.77. The summed E-state index contributed by atoms with van der Waals surface area (Å²) in [6, 6.07) is 0. The molecule has 0 spiro atoms. The fraction of sp³-hybridized carbons (Fsp3) is 0.800. The quantitative estimate of drug-likeness (QED) is 0.672. The molecule has 0 unspecified atom stereocenters. The van der Waals surface area contributed by atoms with Crippen LogP contribution >= 0.6 is 15.9 Å². The van der Waals surface area contributed by atoms with Crippen molar-refractivity contribution in [3.05, 3.63) is 4.60 Å². The van der Waals surface area contributed by atoms with Crippen molar-refractivity contribution < 1.29 is 13.2 Å². The van der Waals surface area contributed by atoms with Crippen LogP contribution in [0, 0.1) is 5.92 Å². The van der Waals surface area contributed by atoms with Crippen molar-refractivity contribution in [3.63, 3.8) is 0 Å². The predicted molar refractivity (Wildman–Crippen MR) is 72.1 cm³/mol. The molecule has 0 bridgehead atoms. The molecule has 0 radical (unpaired) electrons. The summed E-state index contributed by atoms with van der Waals surface area (Å²) in [5.41, 5.74) is 0. The minimum atomic E-state index is -3.60. The van der Waals surface area contributed by atoms with Crippen LogP contribution in [0.2, 0.25) is 0 Å². The maximum absolute atomic E-state index is 12.3. The number of ether oxygens (including phenoxy) is 1. The van der Waals surface area contributed by atoms with E-state index in [4.69, 9.17) is 4.74 Å². The molecule has 1 aromatic heterocycles. The van der Waals surface area contributed by atoms with E-state index in [0.29, 0.717) is 19.1 Å². The first-order valence-corrected chi connectivity index (χ1v) is 8.25. The van der Waals surface area contributed by atoms with Crippen LogP contribution in [0.1, 0.15) is 12.8 Å². The lowest BCUT2D eigenvalue weighted by Gasteiger charge is -2.16. The fourth-order valence-electron chi connectivity index (χ4n) is 1.59.